The van der Waals surface area contributed by atoms with Crippen LogP contribution < -0.4 is 15.2 Å². The molecule has 2 saturated heterocycles. The third-order valence-corrected chi connectivity index (χ3v) is 9.00. The van der Waals surface area contributed by atoms with Gasteiger partial charge in [-0.1, -0.05) is 18.2 Å². The van der Waals surface area contributed by atoms with E-state index < -0.39 is 10.0 Å². The van der Waals surface area contributed by atoms with Gasteiger partial charge in [-0.05, 0) is 12.1 Å². The number of nitrogens with zero attached hydrogens (tertiary/aromatic N) is 7. The van der Waals surface area contributed by atoms with Crippen molar-refractivity contribution in [3.63, 3.8) is 0 Å². The van der Waals surface area contributed by atoms with Crippen LogP contribution in [0.5, 0.6) is 0 Å². The van der Waals surface area contributed by atoms with Crippen molar-refractivity contribution in [2.24, 2.45) is 5.10 Å². The quantitative estimate of drug-likeness (QED) is 0.278. The number of piperazine rings is 1. The Kier molecular flexibility index (Phi) is 6.40. The molecule has 0 spiro atoms. The van der Waals surface area contributed by atoms with Crippen molar-refractivity contribution >= 4 is 65.5 Å². The van der Waals surface area contributed by atoms with Gasteiger partial charge >= 0.3 is 0 Å². The molecule has 2 aliphatic rings. The summed E-state index contributed by atoms with van der Waals surface area (Å²) in [6.45, 7) is 4.99. The van der Waals surface area contributed by atoms with E-state index in [-0.39, 0.29) is 0 Å². The molecule has 2 aliphatic heterocycles. The van der Waals surface area contributed by atoms with E-state index in [1.807, 2.05) is 24.3 Å². The third kappa shape index (κ3) is 4.97. The molecule has 37 heavy (non-hydrogen) atoms. The van der Waals surface area contributed by atoms with Crippen molar-refractivity contribution in [2.45, 2.75) is 0 Å². The minimum atomic E-state index is -3.18. The normalized spacial score (nSPS) is 17.9. The van der Waals surface area contributed by atoms with Gasteiger partial charge in [0.1, 0.15) is 0 Å². The van der Waals surface area contributed by atoms with Gasteiger partial charge in [-0.3, -0.25) is 5.10 Å². The van der Waals surface area contributed by atoms with Crippen molar-refractivity contribution in [3.8, 4) is 0 Å². The maximum Gasteiger partial charge on any atom is 0.246 e. The van der Waals surface area contributed by atoms with Crippen LogP contribution in [0.15, 0.2) is 35.4 Å². The molecule has 12 nitrogen and oxygen atoms in total. The molecule has 0 aliphatic carbocycles. The first-order valence-corrected chi connectivity index (χ1v) is 14.7. The van der Waals surface area contributed by atoms with Crippen molar-refractivity contribution in [1.29, 1.82) is 0 Å². The lowest BCUT2D eigenvalue weighted by molar-refractivity contribution is 0.122. The Hall–Kier alpha value is -3.33. The number of ether oxygens (including phenoxy) is 1. The Bertz CT molecular complexity index is 1550. The summed E-state index contributed by atoms with van der Waals surface area (Å²) in [6.07, 6.45) is 2.94. The number of rotatable bonds is 6. The molecule has 2 fully saturated rings. The van der Waals surface area contributed by atoms with Crippen molar-refractivity contribution in [1.82, 2.24) is 24.5 Å². The molecule has 14 heteroatoms. The van der Waals surface area contributed by atoms with Gasteiger partial charge in [0, 0.05) is 44.7 Å². The topological polar surface area (TPSA) is 132 Å². The van der Waals surface area contributed by atoms with Crippen LogP contribution in [0, 0.1) is 0 Å². The van der Waals surface area contributed by atoms with Crippen LogP contribution >= 0.6 is 11.3 Å². The van der Waals surface area contributed by atoms with E-state index in [4.69, 9.17) is 14.7 Å². The monoisotopic (exact) mass is 541 g/mol. The molecular weight excluding hydrogens is 514 g/mol. The standard InChI is InChI=1S/C23H27N9O3S2/c1-37(33,34)32-8-6-30(7-9-32)20-14-18-21(36-20)22(31-10-12-35-13-11-31)26-23(25-18)29-24-15-19-16-4-2-3-5-17(16)27-28-19/h2-5,14-15H,6-13H2,1H3,(H,27,28)(H,25,26,29)/b24-15+. The number of benzene rings is 1. The van der Waals surface area contributed by atoms with E-state index in [9.17, 15) is 8.42 Å². The van der Waals surface area contributed by atoms with Crippen LogP contribution in [-0.2, 0) is 14.8 Å². The van der Waals surface area contributed by atoms with Crippen LogP contribution in [0.4, 0.5) is 16.8 Å². The summed E-state index contributed by atoms with van der Waals surface area (Å²) >= 11 is 1.64. The zero-order chi connectivity index (χ0) is 25.4. The van der Waals surface area contributed by atoms with Gasteiger partial charge in [-0.25, -0.2) is 18.8 Å². The van der Waals surface area contributed by atoms with E-state index >= 15 is 0 Å². The molecule has 0 saturated carbocycles. The molecule has 0 atom stereocenters. The van der Waals surface area contributed by atoms with Crippen LogP contribution in [-0.4, -0.2) is 97.8 Å². The fraction of sp³-hybridized carbons (Fsp3) is 0.391. The summed E-state index contributed by atoms with van der Waals surface area (Å²) in [5, 5.41) is 13.7. The molecule has 3 aromatic heterocycles. The predicted molar refractivity (Wildman–Crippen MR) is 146 cm³/mol. The molecule has 0 bridgehead atoms. The van der Waals surface area contributed by atoms with Gasteiger partial charge in [-0.2, -0.15) is 19.5 Å². The summed E-state index contributed by atoms with van der Waals surface area (Å²) < 4.78 is 31.9. The van der Waals surface area contributed by atoms with E-state index in [0.717, 1.165) is 50.7 Å². The first kappa shape index (κ1) is 24.0. The number of aromatic nitrogens is 4. The SMILES string of the molecule is CS(=O)(=O)N1CCN(c2cc3nc(N/N=C/c4[nH]nc5ccccc45)nc(N4CCOCC4)c3s2)CC1. The largest absolute Gasteiger partial charge is 0.378 e. The second-order valence-corrected chi connectivity index (χ2v) is 12.0. The van der Waals surface area contributed by atoms with Crippen molar-refractivity contribution in [2.75, 3.05) is 74.0 Å². The van der Waals surface area contributed by atoms with Gasteiger partial charge in [0.15, 0.2) is 5.82 Å². The third-order valence-electron chi connectivity index (χ3n) is 6.52. The molecular formula is C23H27N9O3S2. The number of fused-ring (bicyclic) bond motifs is 2. The average Bonchev–Trinajstić information content (AvgIpc) is 3.53. The fourth-order valence-electron chi connectivity index (χ4n) is 4.57. The molecule has 2 N–H and O–H groups in total. The highest BCUT2D eigenvalue weighted by Gasteiger charge is 2.26. The zero-order valence-electron chi connectivity index (χ0n) is 20.3. The number of nitrogens with one attached hydrogen (secondary N) is 2. The number of hydrogen-bond donors (Lipinski definition) is 2. The number of anilines is 3. The Labute approximate surface area is 218 Å². The van der Waals surface area contributed by atoms with E-state index in [1.54, 1.807) is 17.6 Å². The maximum atomic E-state index is 11.9. The Balaban J connectivity index is 1.28. The summed E-state index contributed by atoms with van der Waals surface area (Å²) in [5.41, 5.74) is 5.48. The smallest absolute Gasteiger partial charge is 0.246 e. The molecule has 0 amide bonds. The first-order valence-electron chi connectivity index (χ1n) is 12.0. The van der Waals surface area contributed by atoms with E-state index in [1.165, 1.54) is 10.6 Å². The molecule has 6 rings (SSSR count). The van der Waals surface area contributed by atoms with Gasteiger partial charge in [0.25, 0.3) is 0 Å². The molecule has 1 aromatic carbocycles. The molecule has 0 radical (unpaired) electrons. The lowest BCUT2D eigenvalue weighted by atomic mass is 10.2. The number of aromatic amines is 1. The van der Waals surface area contributed by atoms with Gasteiger partial charge in [0.05, 0.1) is 52.1 Å². The minimum absolute atomic E-state index is 0.403. The summed E-state index contributed by atoms with van der Waals surface area (Å²) in [5.74, 6) is 1.25. The fourth-order valence-corrected chi connectivity index (χ4v) is 6.56. The zero-order valence-corrected chi connectivity index (χ0v) is 21.9. The number of hydrazone groups is 1. The maximum absolute atomic E-state index is 11.9. The lowest BCUT2D eigenvalue weighted by Crippen LogP contribution is -2.48. The number of thiophene rings is 1. The average molecular weight is 542 g/mol. The van der Waals surface area contributed by atoms with Gasteiger partial charge in [-0.15, -0.1) is 11.3 Å². The summed E-state index contributed by atoms with van der Waals surface area (Å²) in [6, 6.07) is 9.89. The number of H-pyrrole nitrogens is 1. The van der Waals surface area contributed by atoms with Crippen LogP contribution in [0.3, 0.4) is 0 Å². The second kappa shape index (κ2) is 9.85. The Morgan fingerprint density at radius 1 is 1.05 bits per heavy atom. The first-order chi connectivity index (χ1) is 18.0. The van der Waals surface area contributed by atoms with E-state index in [2.05, 4.69) is 36.6 Å². The number of hydrogen-bond acceptors (Lipinski definition) is 11. The van der Waals surface area contributed by atoms with Crippen LogP contribution in [0.1, 0.15) is 5.69 Å². The second-order valence-electron chi connectivity index (χ2n) is 8.94. The van der Waals surface area contributed by atoms with Gasteiger partial charge in [0.2, 0.25) is 16.0 Å². The molecule has 0 unspecified atom stereocenters. The van der Waals surface area contributed by atoms with Crippen LogP contribution in [0.2, 0.25) is 0 Å². The molecule has 194 valence electrons. The molecule has 4 aromatic rings. The summed E-state index contributed by atoms with van der Waals surface area (Å²) in [7, 11) is -3.18. The van der Waals surface area contributed by atoms with Crippen LogP contribution in [0.25, 0.3) is 21.1 Å². The van der Waals surface area contributed by atoms with Gasteiger partial charge < -0.3 is 14.5 Å². The highest BCUT2D eigenvalue weighted by atomic mass is 32.2. The number of sulfonamides is 1. The van der Waals surface area contributed by atoms with Crippen molar-refractivity contribution in [3.05, 3.63) is 36.0 Å². The predicted octanol–water partition coefficient (Wildman–Crippen LogP) is 1.93. The number of morpholine rings is 1. The van der Waals surface area contributed by atoms with E-state index in [0.29, 0.717) is 45.3 Å². The highest BCUT2D eigenvalue weighted by molar-refractivity contribution is 7.88. The highest BCUT2D eigenvalue weighted by Crippen LogP contribution is 2.38. The Morgan fingerprint density at radius 3 is 2.62 bits per heavy atom. The minimum Gasteiger partial charge on any atom is -0.378 e. The van der Waals surface area contributed by atoms with Crippen molar-refractivity contribution < 1.29 is 13.2 Å². The molecule has 5 heterocycles. The summed E-state index contributed by atoms with van der Waals surface area (Å²) in [4.78, 5) is 14.0. The lowest BCUT2D eigenvalue weighted by Gasteiger charge is -2.33. The number of para-hydroxylation sites is 1. The Morgan fingerprint density at radius 2 is 1.84 bits per heavy atom.